The van der Waals surface area contributed by atoms with E-state index in [9.17, 15) is 0 Å². The van der Waals surface area contributed by atoms with E-state index in [0.717, 1.165) is 61.1 Å². The number of benzene rings is 2. The SMILES string of the molecule is COC[C@@H](C)COc1ccc2c(c1)CC(N1CCc3nc(-c4ccccc4Cl)[nH]c3C1)CC2. The molecule has 33 heavy (non-hydrogen) atoms. The molecule has 2 atom stereocenters. The van der Waals surface area contributed by atoms with Crippen molar-refractivity contribution in [2.75, 3.05) is 26.9 Å². The van der Waals surface area contributed by atoms with Crippen LogP contribution in [0, 0.1) is 5.92 Å². The monoisotopic (exact) mass is 465 g/mol. The minimum absolute atomic E-state index is 0.381. The maximum absolute atomic E-state index is 6.40. The van der Waals surface area contributed by atoms with Crippen LogP contribution in [0.4, 0.5) is 0 Å². The zero-order valence-corrected chi connectivity index (χ0v) is 20.2. The topological polar surface area (TPSA) is 50.4 Å². The van der Waals surface area contributed by atoms with Crippen molar-refractivity contribution in [3.05, 3.63) is 70.0 Å². The molecule has 6 heteroatoms. The predicted octanol–water partition coefficient (Wildman–Crippen LogP) is 5.31. The highest BCUT2D eigenvalue weighted by Gasteiger charge is 2.29. The van der Waals surface area contributed by atoms with Gasteiger partial charge < -0.3 is 14.5 Å². The Morgan fingerprint density at radius 3 is 2.88 bits per heavy atom. The smallest absolute Gasteiger partial charge is 0.139 e. The molecule has 0 saturated carbocycles. The lowest BCUT2D eigenvalue weighted by molar-refractivity contribution is 0.127. The number of nitrogens with one attached hydrogen (secondary N) is 1. The Balaban J connectivity index is 1.26. The molecule has 1 aromatic heterocycles. The first-order valence-corrected chi connectivity index (χ1v) is 12.3. The Kier molecular flexibility index (Phi) is 6.72. The predicted molar refractivity (Wildman–Crippen MR) is 132 cm³/mol. The van der Waals surface area contributed by atoms with Crippen LogP contribution in [0.25, 0.3) is 11.4 Å². The highest BCUT2D eigenvalue weighted by molar-refractivity contribution is 6.33. The number of methoxy groups -OCH3 is 1. The molecule has 1 unspecified atom stereocenters. The number of aromatic nitrogens is 2. The molecule has 2 aliphatic rings. The number of aromatic amines is 1. The third-order valence-electron chi connectivity index (χ3n) is 6.87. The molecular formula is C27H32ClN3O2. The molecule has 0 spiro atoms. The molecule has 0 saturated heterocycles. The first-order chi connectivity index (χ1) is 16.1. The highest BCUT2D eigenvalue weighted by Crippen LogP contribution is 2.32. The molecule has 5 rings (SSSR count). The number of rotatable bonds is 7. The maximum atomic E-state index is 6.40. The lowest BCUT2D eigenvalue weighted by Crippen LogP contribution is -2.42. The van der Waals surface area contributed by atoms with E-state index in [2.05, 4.69) is 35.0 Å². The number of fused-ring (bicyclic) bond motifs is 2. The van der Waals surface area contributed by atoms with E-state index in [1.807, 2.05) is 24.3 Å². The van der Waals surface area contributed by atoms with E-state index in [1.54, 1.807) is 7.11 Å². The summed E-state index contributed by atoms with van der Waals surface area (Å²) < 4.78 is 11.3. The largest absolute Gasteiger partial charge is 0.493 e. The van der Waals surface area contributed by atoms with Gasteiger partial charge in [-0.2, -0.15) is 0 Å². The number of imidazole rings is 1. The number of nitrogens with zero attached hydrogens (tertiary/aromatic N) is 2. The molecule has 0 fully saturated rings. The van der Waals surface area contributed by atoms with E-state index in [4.69, 9.17) is 26.1 Å². The van der Waals surface area contributed by atoms with Crippen molar-refractivity contribution >= 4 is 11.6 Å². The third kappa shape index (κ3) is 4.96. The van der Waals surface area contributed by atoms with Crippen molar-refractivity contribution in [3.8, 4) is 17.1 Å². The normalized spacial score (nSPS) is 19.1. The lowest BCUT2D eigenvalue weighted by Gasteiger charge is -2.37. The lowest BCUT2D eigenvalue weighted by atomic mass is 9.86. The van der Waals surface area contributed by atoms with Crippen LogP contribution < -0.4 is 4.74 Å². The minimum Gasteiger partial charge on any atom is -0.493 e. The zero-order valence-electron chi connectivity index (χ0n) is 19.4. The zero-order chi connectivity index (χ0) is 22.8. The second-order valence-corrected chi connectivity index (χ2v) is 9.82. The molecule has 2 aromatic carbocycles. The fourth-order valence-corrected chi connectivity index (χ4v) is 5.32. The summed E-state index contributed by atoms with van der Waals surface area (Å²) in [4.78, 5) is 11.0. The van der Waals surface area contributed by atoms with Crippen molar-refractivity contribution < 1.29 is 9.47 Å². The van der Waals surface area contributed by atoms with Crippen LogP contribution >= 0.6 is 11.6 Å². The number of H-pyrrole nitrogens is 1. The van der Waals surface area contributed by atoms with Crippen molar-refractivity contribution in [1.82, 2.24) is 14.9 Å². The van der Waals surface area contributed by atoms with E-state index in [0.29, 0.717) is 18.6 Å². The Morgan fingerprint density at radius 1 is 1.15 bits per heavy atom. The molecule has 5 nitrogen and oxygen atoms in total. The van der Waals surface area contributed by atoms with Crippen molar-refractivity contribution in [1.29, 1.82) is 0 Å². The van der Waals surface area contributed by atoms with Gasteiger partial charge in [0.15, 0.2) is 0 Å². The van der Waals surface area contributed by atoms with Gasteiger partial charge in [0.1, 0.15) is 11.6 Å². The number of hydrogen-bond acceptors (Lipinski definition) is 4. The average molecular weight is 466 g/mol. The number of aryl methyl sites for hydroxylation is 1. The van der Waals surface area contributed by atoms with Gasteiger partial charge >= 0.3 is 0 Å². The Labute approximate surface area is 201 Å². The summed E-state index contributed by atoms with van der Waals surface area (Å²) in [7, 11) is 1.74. The van der Waals surface area contributed by atoms with E-state index in [-0.39, 0.29) is 0 Å². The summed E-state index contributed by atoms with van der Waals surface area (Å²) in [6, 6.07) is 15.1. The molecule has 0 amide bonds. The van der Waals surface area contributed by atoms with Crippen LogP contribution in [-0.2, 0) is 30.5 Å². The van der Waals surface area contributed by atoms with Gasteiger partial charge in [-0.3, -0.25) is 4.90 Å². The van der Waals surface area contributed by atoms with E-state index >= 15 is 0 Å². The van der Waals surface area contributed by atoms with Gasteiger partial charge in [-0.15, -0.1) is 0 Å². The van der Waals surface area contributed by atoms with Gasteiger partial charge in [-0.25, -0.2) is 4.98 Å². The summed E-state index contributed by atoms with van der Waals surface area (Å²) in [6.07, 6.45) is 4.36. The molecule has 1 aliphatic heterocycles. The van der Waals surface area contributed by atoms with Crippen molar-refractivity contribution in [2.24, 2.45) is 5.92 Å². The third-order valence-corrected chi connectivity index (χ3v) is 7.20. The first kappa shape index (κ1) is 22.5. The van der Waals surface area contributed by atoms with Crippen molar-refractivity contribution in [3.63, 3.8) is 0 Å². The van der Waals surface area contributed by atoms with Crippen LogP contribution in [0.5, 0.6) is 5.75 Å². The Bertz CT molecular complexity index is 1110. The van der Waals surface area contributed by atoms with Gasteiger partial charge in [0.05, 0.1) is 29.6 Å². The number of halogens is 1. The first-order valence-electron chi connectivity index (χ1n) is 11.9. The summed E-state index contributed by atoms with van der Waals surface area (Å²) in [5.41, 5.74) is 6.27. The number of ether oxygens (including phenoxy) is 2. The molecular weight excluding hydrogens is 434 g/mol. The molecule has 0 radical (unpaired) electrons. The van der Waals surface area contributed by atoms with Crippen LogP contribution in [0.2, 0.25) is 5.02 Å². The maximum Gasteiger partial charge on any atom is 0.139 e. The van der Waals surface area contributed by atoms with Gasteiger partial charge in [-0.1, -0.05) is 36.7 Å². The summed E-state index contributed by atoms with van der Waals surface area (Å²) in [5.74, 6) is 2.23. The summed E-state index contributed by atoms with van der Waals surface area (Å²) >= 11 is 6.40. The molecule has 3 aromatic rings. The Hall–Kier alpha value is -2.34. The molecule has 1 aliphatic carbocycles. The fourth-order valence-electron chi connectivity index (χ4n) is 5.09. The fraction of sp³-hybridized carbons (Fsp3) is 0.444. The molecule has 0 bridgehead atoms. The van der Waals surface area contributed by atoms with Crippen LogP contribution in [0.15, 0.2) is 42.5 Å². The van der Waals surface area contributed by atoms with Crippen molar-refractivity contribution in [2.45, 2.75) is 45.2 Å². The molecule has 174 valence electrons. The summed E-state index contributed by atoms with van der Waals surface area (Å²) in [6.45, 7) is 5.51. The number of hydrogen-bond donors (Lipinski definition) is 1. The Morgan fingerprint density at radius 2 is 2.03 bits per heavy atom. The van der Waals surface area contributed by atoms with E-state index < -0.39 is 0 Å². The highest BCUT2D eigenvalue weighted by atomic mass is 35.5. The quantitative estimate of drug-likeness (QED) is 0.514. The second-order valence-electron chi connectivity index (χ2n) is 9.41. The second kappa shape index (κ2) is 9.88. The van der Waals surface area contributed by atoms with Gasteiger partial charge in [-0.05, 0) is 54.7 Å². The molecule has 2 heterocycles. The van der Waals surface area contributed by atoms with Crippen LogP contribution in [0.3, 0.4) is 0 Å². The standard InChI is InChI=1S/C27H32ClN3O2/c1-18(16-32-2)17-33-22-10-8-19-7-9-21(13-20(19)14-22)31-12-11-25-26(15-31)30-27(29-25)23-5-3-4-6-24(23)28/h3-6,8,10,14,18,21H,7,9,11-13,15-17H2,1-2H3,(H,29,30)/t18-,21?/m1/s1. The van der Waals surface area contributed by atoms with E-state index in [1.165, 1.54) is 28.9 Å². The van der Waals surface area contributed by atoms with Crippen LogP contribution in [0.1, 0.15) is 35.9 Å². The van der Waals surface area contributed by atoms with Gasteiger partial charge in [0.2, 0.25) is 0 Å². The summed E-state index contributed by atoms with van der Waals surface area (Å²) in [5, 5.41) is 0.735. The van der Waals surface area contributed by atoms with Gasteiger partial charge in [0.25, 0.3) is 0 Å². The van der Waals surface area contributed by atoms with Crippen LogP contribution in [-0.4, -0.2) is 47.8 Å². The minimum atomic E-state index is 0.381. The average Bonchev–Trinajstić information content (AvgIpc) is 3.26. The molecule has 1 N–H and O–H groups in total. The van der Waals surface area contributed by atoms with Gasteiger partial charge in [0, 0.05) is 44.1 Å².